The summed E-state index contributed by atoms with van der Waals surface area (Å²) >= 11 is 0. The second kappa shape index (κ2) is 6.64. The van der Waals surface area contributed by atoms with E-state index in [2.05, 4.69) is 24.0 Å². The molecule has 4 nitrogen and oxygen atoms in total. The Morgan fingerprint density at radius 3 is 2.35 bits per heavy atom. The summed E-state index contributed by atoms with van der Waals surface area (Å²) in [4.78, 5) is 0. The third-order valence-electron chi connectivity index (χ3n) is 3.89. The van der Waals surface area contributed by atoms with E-state index in [0.29, 0.717) is 12.1 Å². The Hall–Kier alpha value is -1.71. The zero-order chi connectivity index (χ0) is 14.5. The van der Waals surface area contributed by atoms with Crippen LogP contribution >= 0.6 is 0 Å². The van der Waals surface area contributed by atoms with Gasteiger partial charge < -0.3 is 9.47 Å². The minimum absolute atomic E-state index is 0.509. The van der Waals surface area contributed by atoms with Crippen molar-refractivity contribution in [3.05, 3.63) is 23.8 Å². The fourth-order valence-electron chi connectivity index (χ4n) is 2.70. The molecule has 1 fully saturated rings. The van der Waals surface area contributed by atoms with Crippen molar-refractivity contribution in [1.29, 1.82) is 0 Å². The zero-order valence-electron chi connectivity index (χ0n) is 12.8. The van der Waals surface area contributed by atoms with E-state index >= 15 is 0 Å². The summed E-state index contributed by atoms with van der Waals surface area (Å²) < 4.78 is 10.6. The van der Waals surface area contributed by atoms with Gasteiger partial charge in [0.1, 0.15) is 0 Å². The summed E-state index contributed by atoms with van der Waals surface area (Å²) in [5.74, 6) is 1.47. The smallest absolute Gasteiger partial charge is 0.161 e. The molecule has 0 aliphatic carbocycles. The first-order chi connectivity index (χ1) is 9.65. The van der Waals surface area contributed by atoms with Gasteiger partial charge in [-0.25, -0.2) is 0 Å². The highest BCUT2D eigenvalue weighted by molar-refractivity contribution is 5.80. The molecule has 110 valence electrons. The van der Waals surface area contributed by atoms with E-state index in [9.17, 15) is 0 Å². The Kier molecular flexibility index (Phi) is 4.88. The summed E-state index contributed by atoms with van der Waals surface area (Å²) in [6, 6.07) is 6.86. The first kappa shape index (κ1) is 14.7. The van der Waals surface area contributed by atoms with Gasteiger partial charge in [0.25, 0.3) is 0 Å². The van der Waals surface area contributed by atoms with Gasteiger partial charge in [0, 0.05) is 12.1 Å². The molecular formula is C16H24N2O2. The van der Waals surface area contributed by atoms with E-state index in [0.717, 1.165) is 17.1 Å². The van der Waals surface area contributed by atoms with E-state index in [1.54, 1.807) is 14.2 Å². The maximum Gasteiger partial charge on any atom is 0.161 e. The van der Waals surface area contributed by atoms with E-state index in [1.165, 1.54) is 19.3 Å². The molecule has 0 spiro atoms. The first-order valence-electron chi connectivity index (χ1n) is 7.20. The number of hydrogen-bond acceptors (Lipinski definition) is 4. The van der Waals surface area contributed by atoms with Gasteiger partial charge in [-0.3, -0.25) is 5.01 Å². The molecule has 4 heteroatoms. The number of ether oxygens (including phenoxy) is 2. The van der Waals surface area contributed by atoms with E-state index in [4.69, 9.17) is 9.47 Å². The molecule has 20 heavy (non-hydrogen) atoms. The minimum Gasteiger partial charge on any atom is -0.493 e. The molecule has 1 aromatic rings. The van der Waals surface area contributed by atoms with Gasteiger partial charge >= 0.3 is 0 Å². The van der Waals surface area contributed by atoms with Gasteiger partial charge in [0.15, 0.2) is 11.5 Å². The van der Waals surface area contributed by atoms with Gasteiger partial charge in [-0.1, -0.05) is 0 Å². The van der Waals surface area contributed by atoms with Crippen molar-refractivity contribution in [1.82, 2.24) is 5.01 Å². The lowest BCUT2D eigenvalue weighted by Crippen LogP contribution is -2.39. The molecule has 0 amide bonds. The zero-order valence-corrected chi connectivity index (χ0v) is 12.8. The van der Waals surface area contributed by atoms with E-state index in [1.807, 2.05) is 24.4 Å². The number of hydrogen-bond donors (Lipinski definition) is 0. The Labute approximate surface area is 121 Å². The molecule has 0 N–H and O–H groups in total. The Balaban J connectivity index is 2.14. The second-order valence-corrected chi connectivity index (χ2v) is 5.37. The van der Waals surface area contributed by atoms with Crippen molar-refractivity contribution < 1.29 is 9.47 Å². The molecule has 2 rings (SSSR count). The summed E-state index contributed by atoms with van der Waals surface area (Å²) in [5, 5.41) is 6.87. The predicted octanol–water partition coefficient (Wildman–Crippen LogP) is 3.30. The molecule has 1 saturated heterocycles. The second-order valence-electron chi connectivity index (χ2n) is 5.37. The third kappa shape index (κ3) is 3.24. The lowest BCUT2D eigenvalue weighted by atomic mass is 10.00. The van der Waals surface area contributed by atoms with Crippen molar-refractivity contribution >= 4 is 6.21 Å². The highest BCUT2D eigenvalue weighted by Crippen LogP contribution is 2.27. The van der Waals surface area contributed by atoms with Crippen LogP contribution in [0.1, 0.15) is 38.7 Å². The van der Waals surface area contributed by atoms with Crippen LogP contribution in [0.25, 0.3) is 0 Å². The van der Waals surface area contributed by atoms with Crippen LogP contribution in [0.5, 0.6) is 11.5 Å². The molecule has 0 radical (unpaired) electrons. The van der Waals surface area contributed by atoms with Gasteiger partial charge in [0.05, 0.1) is 20.4 Å². The van der Waals surface area contributed by atoms with Crippen molar-refractivity contribution in [2.75, 3.05) is 14.2 Å². The van der Waals surface area contributed by atoms with Crippen LogP contribution in [0.15, 0.2) is 23.3 Å². The van der Waals surface area contributed by atoms with Gasteiger partial charge in [-0.2, -0.15) is 5.10 Å². The summed E-state index contributed by atoms with van der Waals surface area (Å²) in [6.45, 7) is 4.48. The van der Waals surface area contributed by atoms with Crippen LogP contribution in [0.3, 0.4) is 0 Å². The molecule has 2 atom stereocenters. The fourth-order valence-corrected chi connectivity index (χ4v) is 2.70. The van der Waals surface area contributed by atoms with Crippen LogP contribution < -0.4 is 9.47 Å². The van der Waals surface area contributed by atoms with Crippen LogP contribution in [0, 0.1) is 0 Å². The molecule has 0 bridgehead atoms. The van der Waals surface area contributed by atoms with Gasteiger partial charge in [-0.15, -0.1) is 0 Å². The molecule has 1 heterocycles. The molecular weight excluding hydrogens is 252 g/mol. The summed E-state index contributed by atoms with van der Waals surface area (Å²) in [7, 11) is 3.29. The number of methoxy groups -OCH3 is 2. The highest BCUT2D eigenvalue weighted by atomic mass is 16.5. The monoisotopic (exact) mass is 276 g/mol. The maximum atomic E-state index is 5.31. The number of rotatable bonds is 4. The Morgan fingerprint density at radius 2 is 1.75 bits per heavy atom. The molecule has 1 aliphatic heterocycles. The van der Waals surface area contributed by atoms with E-state index in [-0.39, 0.29) is 0 Å². The average molecular weight is 276 g/mol. The van der Waals surface area contributed by atoms with Crippen molar-refractivity contribution in [2.45, 2.75) is 45.2 Å². The molecule has 0 saturated carbocycles. The topological polar surface area (TPSA) is 34.1 Å². The number of nitrogens with zero attached hydrogens (tertiary/aromatic N) is 2. The number of benzene rings is 1. The van der Waals surface area contributed by atoms with Crippen LogP contribution in [-0.4, -0.2) is 37.5 Å². The van der Waals surface area contributed by atoms with Gasteiger partial charge in [-0.05, 0) is 56.9 Å². The Bertz CT molecular complexity index is 464. The molecule has 0 unspecified atom stereocenters. The molecule has 0 aromatic heterocycles. The SMILES string of the molecule is COc1ccc(/C=N\N2[C@H](C)CCC[C@@H]2C)cc1OC. The summed E-state index contributed by atoms with van der Waals surface area (Å²) in [5.41, 5.74) is 1.02. The standard InChI is InChI=1S/C16H24N2O2/c1-12-6-5-7-13(2)18(12)17-11-14-8-9-15(19-3)16(10-14)20-4/h8-13H,5-7H2,1-4H3/b17-11-/t12-,13+. The highest BCUT2D eigenvalue weighted by Gasteiger charge is 2.22. The maximum absolute atomic E-state index is 5.31. The largest absolute Gasteiger partial charge is 0.493 e. The normalized spacial score (nSPS) is 23.1. The summed E-state index contributed by atoms with van der Waals surface area (Å²) in [6.07, 6.45) is 5.63. The minimum atomic E-state index is 0.509. The first-order valence-corrected chi connectivity index (χ1v) is 7.20. The average Bonchev–Trinajstić information content (AvgIpc) is 2.46. The number of piperidine rings is 1. The number of hydrazone groups is 1. The van der Waals surface area contributed by atoms with Crippen LogP contribution in [0.2, 0.25) is 0 Å². The lowest BCUT2D eigenvalue weighted by Gasteiger charge is -2.36. The third-order valence-corrected chi connectivity index (χ3v) is 3.89. The quantitative estimate of drug-likeness (QED) is 0.791. The van der Waals surface area contributed by atoms with Crippen molar-refractivity contribution in [2.24, 2.45) is 5.10 Å². The van der Waals surface area contributed by atoms with Crippen molar-refractivity contribution in [3.63, 3.8) is 0 Å². The van der Waals surface area contributed by atoms with Crippen LogP contribution in [-0.2, 0) is 0 Å². The molecule has 1 aliphatic rings. The lowest BCUT2D eigenvalue weighted by molar-refractivity contribution is 0.109. The predicted molar refractivity (Wildman–Crippen MR) is 81.8 cm³/mol. The van der Waals surface area contributed by atoms with E-state index < -0.39 is 0 Å². The fraction of sp³-hybridized carbons (Fsp3) is 0.562. The molecule has 1 aromatic carbocycles. The van der Waals surface area contributed by atoms with Crippen LogP contribution in [0.4, 0.5) is 0 Å². The Morgan fingerprint density at radius 1 is 1.10 bits per heavy atom. The van der Waals surface area contributed by atoms with Gasteiger partial charge in [0.2, 0.25) is 0 Å². The van der Waals surface area contributed by atoms with Crippen molar-refractivity contribution in [3.8, 4) is 11.5 Å².